The van der Waals surface area contributed by atoms with Gasteiger partial charge < -0.3 is 65.7 Å². The zero-order valence-corrected chi connectivity index (χ0v) is 52.0. The Labute approximate surface area is 513 Å². The highest BCUT2D eigenvalue weighted by atomic mass is 16.5. The lowest BCUT2D eigenvalue weighted by atomic mass is 9.94. The van der Waals surface area contributed by atoms with Gasteiger partial charge in [0.25, 0.3) is 0 Å². The summed E-state index contributed by atoms with van der Waals surface area (Å²) >= 11 is 0. The maximum atomic E-state index is 12.7. The molecule has 1 unspecified atom stereocenters. The third-order valence-corrected chi connectivity index (χ3v) is 14.4. The fourth-order valence-corrected chi connectivity index (χ4v) is 9.30. The number of unbranched alkanes of at least 4 members (excludes halogenated alkanes) is 14. The molecule has 0 aliphatic rings. The zero-order chi connectivity index (χ0) is 65.0. The molecule has 0 aromatic heterocycles. The van der Waals surface area contributed by atoms with E-state index in [1.807, 2.05) is 6.92 Å². The molecule has 6 atom stereocenters. The van der Waals surface area contributed by atoms with Gasteiger partial charge in [0.05, 0.1) is 57.6 Å². The van der Waals surface area contributed by atoms with E-state index < -0.39 is 96.5 Å². The molecule has 0 aliphatic heterocycles. The van der Waals surface area contributed by atoms with Crippen molar-refractivity contribution in [3.8, 4) is 0 Å². The van der Waals surface area contributed by atoms with Crippen molar-refractivity contribution in [1.82, 2.24) is 26.6 Å². The number of carbonyl (C=O) groups is 12. The second kappa shape index (κ2) is 53.2. The summed E-state index contributed by atoms with van der Waals surface area (Å²) < 4.78 is 21.4. The van der Waals surface area contributed by atoms with Gasteiger partial charge in [-0.25, -0.2) is 9.59 Å². The predicted molar refractivity (Wildman–Crippen MR) is 319 cm³/mol. The van der Waals surface area contributed by atoms with Crippen LogP contribution in [0.25, 0.3) is 0 Å². The monoisotopic (exact) mass is 1240 g/mol. The summed E-state index contributed by atoms with van der Waals surface area (Å²) in [5.41, 5.74) is 0. The molecule has 4 amide bonds. The number of nitrogens with one attached hydrogen (secondary N) is 5. The zero-order valence-electron chi connectivity index (χ0n) is 52.0. The number of amides is 4. The number of hydrogen-bond donors (Lipinski definition) is 10. The lowest BCUT2D eigenvalue weighted by Gasteiger charge is -2.20. The number of rotatable bonds is 62. The molecule has 0 aliphatic carbocycles. The molecule has 26 nitrogen and oxygen atoms in total. The van der Waals surface area contributed by atoms with Crippen molar-refractivity contribution < 1.29 is 102 Å². The number of hydrogen-bond acceptors (Lipinski definition) is 18. The number of aliphatic hydroxyl groups excluding tert-OH is 1. The lowest BCUT2D eigenvalue weighted by Crippen LogP contribution is -2.46. The first-order valence-corrected chi connectivity index (χ1v) is 31.4. The van der Waals surface area contributed by atoms with Crippen molar-refractivity contribution in [1.29, 1.82) is 0 Å². The summed E-state index contributed by atoms with van der Waals surface area (Å²) in [7, 11) is 0. The maximum absolute atomic E-state index is 12.7. The van der Waals surface area contributed by atoms with E-state index in [0.717, 1.165) is 57.8 Å². The Hall–Kier alpha value is -5.80. The summed E-state index contributed by atoms with van der Waals surface area (Å²) in [6.07, 6.45) is 15.4. The van der Waals surface area contributed by atoms with Gasteiger partial charge in [0.1, 0.15) is 42.6 Å². The minimum Gasteiger partial charge on any atom is -0.481 e. The van der Waals surface area contributed by atoms with Crippen LogP contribution in [0.2, 0.25) is 0 Å². The molecule has 0 heterocycles. The molecule has 10 N–H and O–H groups in total. The van der Waals surface area contributed by atoms with E-state index in [1.54, 1.807) is 0 Å². The number of Topliss-reactive ketones (excluding diaryl/α,β-unsaturated/α-hetero) is 4. The van der Waals surface area contributed by atoms with Gasteiger partial charge in [-0.1, -0.05) is 90.4 Å². The number of aliphatic carboxylic acids is 4. The first-order chi connectivity index (χ1) is 41.6. The quantitative estimate of drug-likeness (QED) is 0.0366. The first kappa shape index (κ1) is 81.2. The first-order valence-electron chi connectivity index (χ1n) is 31.4. The number of carbonyl (C=O) groups excluding carboxylic acids is 8. The molecule has 0 spiro atoms. The highest BCUT2D eigenvalue weighted by Gasteiger charge is 2.27. The summed E-state index contributed by atoms with van der Waals surface area (Å²) in [5, 5.41) is 60.2. The van der Waals surface area contributed by atoms with E-state index in [4.69, 9.17) is 24.1 Å². The van der Waals surface area contributed by atoms with E-state index in [-0.39, 0.29) is 140 Å². The standard InChI is InChI=1S/C61H105N5O21/c1-4-46(52(71)41-64-58(44(2)67)45(3)68)22-19-20-32-62-54(73)31-29-51(61(82)83)66-56(75)43-87-39-36-84-34-21-23-49(70)42-86-38-37-85-35-33-63-53(72)30-26-47(59(78)79)40-48(69)27-28-50(60(80)81)65-55(74)24-17-15-13-11-9-7-5-6-8-10-12-14-16-18-25-57(76)77/h44,46-47,50-51,58,64,67H,4-43H2,1-3H3,(H,62,73)(H,63,72)(H,65,74)(H,66,75)(H,76,77)(H,78,79)(H,80,81)(H,82,83)/t44?,46-,47+,50-,51-,58-/m0/s1. The summed E-state index contributed by atoms with van der Waals surface area (Å²) in [5.74, 6) is -8.99. The molecule has 0 saturated carbocycles. The number of ketones is 4. The van der Waals surface area contributed by atoms with Crippen molar-refractivity contribution in [3.05, 3.63) is 0 Å². The van der Waals surface area contributed by atoms with Crippen LogP contribution in [0.4, 0.5) is 0 Å². The van der Waals surface area contributed by atoms with Gasteiger partial charge in [-0.3, -0.25) is 53.3 Å². The molecular formula is C61H105N5O21. The average Bonchev–Trinajstić information content (AvgIpc) is 3.60. The Balaban J connectivity index is 4.06. The topological polar surface area (TPSA) is 403 Å². The second-order valence-corrected chi connectivity index (χ2v) is 22.1. The van der Waals surface area contributed by atoms with Gasteiger partial charge in [-0.15, -0.1) is 0 Å². The SMILES string of the molecule is CC[C@@H](CCCCNC(=O)CC[C@H](NC(=O)COCCOCCCC(=O)COCCOCCNC(=O)CC[C@H](CC(=O)CC[C@H](NC(=O)CCCCCCCCCCCCCCCCC(=O)O)C(=O)O)C(=O)O)C(=O)O)C(=O)CN[C@H](C(C)=O)C(C)O. The fourth-order valence-electron chi connectivity index (χ4n) is 9.30. The molecule has 0 aromatic carbocycles. The van der Waals surface area contributed by atoms with Crippen LogP contribution < -0.4 is 26.6 Å². The largest absolute Gasteiger partial charge is 0.481 e. The highest BCUT2D eigenvalue weighted by molar-refractivity contribution is 5.88. The molecule has 0 saturated heterocycles. The molecule has 0 rings (SSSR count). The van der Waals surface area contributed by atoms with Crippen LogP contribution in [0, 0.1) is 11.8 Å². The normalized spacial score (nSPS) is 13.3. The Morgan fingerprint density at radius 1 is 0.425 bits per heavy atom. The van der Waals surface area contributed by atoms with Crippen LogP contribution in [0.15, 0.2) is 0 Å². The van der Waals surface area contributed by atoms with Gasteiger partial charge in [-0.05, 0) is 71.6 Å². The molecule has 0 radical (unpaired) electrons. The van der Waals surface area contributed by atoms with Crippen LogP contribution in [-0.2, 0) is 76.5 Å². The molecule has 500 valence electrons. The maximum Gasteiger partial charge on any atom is 0.326 e. The molecular weight excluding hydrogens is 1140 g/mol. The van der Waals surface area contributed by atoms with Gasteiger partial charge in [-0.2, -0.15) is 0 Å². The molecule has 0 bridgehead atoms. The van der Waals surface area contributed by atoms with E-state index in [0.29, 0.717) is 45.1 Å². The van der Waals surface area contributed by atoms with Crippen molar-refractivity contribution >= 4 is 70.6 Å². The Bertz CT molecular complexity index is 2020. The van der Waals surface area contributed by atoms with Crippen LogP contribution in [0.1, 0.15) is 207 Å². The Morgan fingerprint density at radius 3 is 1.45 bits per heavy atom. The highest BCUT2D eigenvalue weighted by Crippen LogP contribution is 2.18. The van der Waals surface area contributed by atoms with Gasteiger partial charge in [0.15, 0.2) is 5.78 Å². The summed E-state index contributed by atoms with van der Waals surface area (Å²) in [4.78, 5) is 145. The third-order valence-electron chi connectivity index (χ3n) is 14.4. The number of aliphatic hydroxyl groups is 1. The van der Waals surface area contributed by atoms with Crippen molar-refractivity contribution in [3.63, 3.8) is 0 Å². The van der Waals surface area contributed by atoms with E-state index in [1.165, 1.54) is 39.5 Å². The minimum absolute atomic E-state index is 0.0212. The van der Waals surface area contributed by atoms with Crippen molar-refractivity contribution in [2.24, 2.45) is 11.8 Å². The third kappa shape index (κ3) is 47.9. The van der Waals surface area contributed by atoms with Crippen LogP contribution in [-0.4, -0.2) is 193 Å². The number of carboxylic acids is 4. The summed E-state index contributed by atoms with van der Waals surface area (Å²) in [6, 6.07) is -3.43. The predicted octanol–water partition coefficient (Wildman–Crippen LogP) is 4.79. The van der Waals surface area contributed by atoms with E-state index in [9.17, 15) is 78.0 Å². The Morgan fingerprint density at radius 2 is 0.920 bits per heavy atom. The molecule has 0 aromatic rings. The average molecular weight is 1240 g/mol. The van der Waals surface area contributed by atoms with Gasteiger partial charge >= 0.3 is 23.9 Å². The molecule has 87 heavy (non-hydrogen) atoms. The molecule has 0 fully saturated rings. The lowest BCUT2D eigenvalue weighted by molar-refractivity contribution is -0.145. The summed E-state index contributed by atoms with van der Waals surface area (Å²) in [6.45, 7) is 5.20. The van der Waals surface area contributed by atoms with E-state index in [2.05, 4.69) is 26.6 Å². The van der Waals surface area contributed by atoms with Crippen molar-refractivity contribution in [2.45, 2.75) is 231 Å². The van der Waals surface area contributed by atoms with Crippen LogP contribution in [0.5, 0.6) is 0 Å². The second-order valence-electron chi connectivity index (χ2n) is 22.1. The van der Waals surface area contributed by atoms with Crippen molar-refractivity contribution in [2.75, 3.05) is 72.5 Å². The smallest absolute Gasteiger partial charge is 0.326 e. The van der Waals surface area contributed by atoms with E-state index >= 15 is 0 Å². The van der Waals surface area contributed by atoms with Gasteiger partial charge in [0, 0.05) is 70.6 Å². The van der Waals surface area contributed by atoms with Crippen LogP contribution >= 0.6 is 0 Å². The van der Waals surface area contributed by atoms with Gasteiger partial charge in [0.2, 0.25) is 23.6 Å². The molecule has 26 heteroatoms. The minimum atomic E-state index is -1.32. The number of carboxylic acid groups (broad SMARTS) is 4. The van der Waals surface area contributed by atoms with Crippen LogP contribution in [0.3, 0.4) is 0 Å². The fraction of sp³-hybridized carbons (Fsp3) is 0.803. The Kier molecular flexibility index (Phi) is 49.7. The number of ether oxygens (including phenoxy) is 4.